The van der Waals surface area contributed by atoms with Crippen molar-refractivity contribution in [3.63, 3.8) is 0 Å². The van der Waals surface area contributed by atoms with Gasteiger partial charge in [-0.1, -0.05) is 30.3 Å². The fourth-order valence-corrected chi connectivity index (χ4v) is 5.45. The molecule has 0 amide bonds. The maximum Gasteiger partial charge on any atom is 0.340 e. The van der Waals surface area contributed by atoms with Gasteiger partial charge in [0.1, 0.15) is 0 Å². The van der Waals surface area contributed by atoms with E-state index in [1.165, 1.54) is 11.1 Å². The molecule has 2 aromatic rings. The lowest BCUT2D eigenvalue weighted by Gasteiger charge is -2.45. The smallest absolute Gasteiger partial charge is 0.340 e. The summed E-state index contributed by atoms with van der Waals surface area (Å²) in [4.78, 5) is 19.6. The number of likely N-dealkylation sites (N-methyl/N-ethyl adjacent to an activating group) is 2. The Balaban J connectivity index is 1.80. The molecule has 0 saturated carbocycles. The van der Waals surface area contributed by atoms with Gasteiger partial charge in [0, 0.05) is 42.9 Å². The molecule has 5 rings (SSSR count). The van der Waals surface area contributed by atoms with E-state index in [0.29, 0.717) is 5.56 Å². The van der Waals surface area contributed by atoms with Gasteiger partial charge in [-0.25, -0.2) is 4.79 Å². The van der Waals surface area contributed by atoms with Crippen LogP contribution in [0.3, 0.4) is 0 Å². The molecule has 5 heteroatoms. The molecule has 1 spiro atoms. The molecule has 1 unspecified atom stereocenters. The highest BCUT2D eigenvalue weighted by atomic mass is 16.6. The van der Waals surface area contributed by atoms with Crippen LogP contribution in [0.1, 0.15) is 33.5 Å². The van der Waals surface area contributed by atoms with E-state index in [0.717, 1.165) is 28.8 Å². The summed E-state index contributed by atoms with van der Waals surface area (Å²) in [5.41, 5.74) is 6.16. The highest BCUT2D eigenvalue weighted by Gasteiger charge is 2.56. The van der Waals surface area contributed by atoms with Crippen molar-refractivity contribution in [3.05, 3.63) is 82.4 Å². The zero-order valence-electron chi connectivity index (χ0n) is 19.1. The lowest BCUT2D eigenvalue weighted by Crippen LogP contribution is -2.54. The first-order chi connectivity index (χ1) is 14.7. The second-order valence-electron chi connectivity index (χ2n) is 9.31. The summed E-state index contributed by atoms with van der Waals surface area (Å²) in [6, 6.07) is 14.3. The molecule has 5 nitrogen and oxygen atoms in total. The summed E-state index contributed by atoms with van der Waals surface area (Å²) in [7, 11) is 12.6. The van der Waals surface area contributed by atoms with Crippen molar-refractivity contribution in [1.82, 2.24) is 9.80 Å². The molecular formula is C26H29N3O2. The van der Waals surface area contributed by atoms with Crippen molar-refractivity contribution in [2.24, 2.45) is 0 Å². The Labute approximate surface area is 184 Å². The van der Waals surface area contributed by atoms with Crippen LogP contribution in [0.4, 0.5) is 5.69 Å². The van der Waals surface area contributed by atoms with Crippen molar-refractivity contribution in [3.8, 4) is 0 Å². The molecule has 2 aliphatic carbocycles. The van der Waals surface area contributed by atoms with Gasteiger partial charge in [0.2, 0.25) is 0 Å². The molecule has 31 heavy (non-hydrogen) atoms. The number of hydrogen-bond acceptors (Lipinski definition) is 5. The zero-order chi connectivity index (χ0) is 22.1. The number of anilines is 1. The minimum Gasteiger partial charge on any atom is -0.441 e. The molecule has 0 N–H and O–H groups in total. The van der Waals surface area contributed by atoms with Crippen LogP contribution in [0.25, 0.3) is 5.57 Å². The molecular weight excluding hydrogens is 386 g/mol. The van der Waals surface area contributed by atoms with E-state index in [1.807, 2.05) is 24.3 Å². The summed E-state index contributed by atoms with van der Waals surface area (Å²) in [5, 5.41) is 0. The Kier molecular flexibility index (Phi) is 4.24. The van der Waals surface area contributed by atoms with Crippen LogP contribution >= 0.6 is 0 Å². The molecule has 1 aliphatic heterocycles. The van der Waals surface area contributed by atoms with Crippen molar-refractivity contribution in [1.29, 1.82) is 0 Å². The van der Waals surface area contributed by atoms with Gasteiger partial charge in [0.15, 0.2) is 5.60 Å². The third-order valence-electron chi connectivity index (χ3n) is 7.20. The van der Waals surface area contributed by atoms with Gasteiger partial charge < -0.3 is 9.64 Å². The van der Waals surface area contributed by atoms with Gasteiger partial charge in [-0.3, -0.25) is 9.80 Å². The Hall–Kier alpha value is -2.89. The molecule has 0 bridgehead atoms. The van der Waals surface area contributed by atoms with Crippen LogP contribution in [0.5, 0.6) is 0 Å². The Bertz CT molecular complexity index is 1150. The predicted molar refractivity (Wildman–Crippen MR) is 124 cm³/mol. The number of carbonyl (C=O) groups is 1. The SMILES string of the molecule is CN(C)c1ccc2c(c1)C1=C(C=CC(N(C)C)(N(C)C)C1)C21OC(=O)c2ccccc21. The fourth-order valence-electron chi connectivity index (χ4n) is 5.45. The van der Waals surface area contributed by atoms with E-state index in [-0.39, 0.29) is 11.6 Å². The van der Waals surface area contributed by atoms with E-state index in [2.05, 4.69) is 87.3 Å². The van der Waals surface area contributed by atoms with Gasteiger partial charge in [0.05, 0.1) is 11.2 Å². The van der Waals surface area contributed by atoms with Gasteiger partial charge in [-0.05, 0) is 63.6 Å². The van der Waals surface area contributed by atoms with Gasteiger partial charge >= 0.3 is 5.97 Å². The molecule has 0 aromatic heterocycles. The maximum absolute atomic E-state index is 12.9. The summed E-state index contributed by atoms with van der Waals surface area (Å²) >= 11 is 0. The van der Waals surface area contributed by atoms with Crippen LogP contribution in [-0.4, -0.2) is 63.7 Å². The third kappa shape index (κ3) is 2.47. The number of rotatable bonds is 3. The number of ether oxygens (including phenoxy) is 1. The monoisotopic (exact) mass is 415 g/mol. The average molecular weight is 416 g/mol. The number of hydrogen-bond donors (Lipinski definition) is 0. The zero-order valence-corrected chi connectivity index (χ0v) is 19.1. The number of fused-ring (bicyclic) bond motifs is 6. The quantitative estimate of drug-likeness (QED) is 0.564. The van der Waals surface area contributed by atoms with E-state index in [9.17, 15) is 4.79 Å². The first-order valence-corrected chi connectivity index (χ1v) is 10.6. The minimum atomic E-state index is -0.871. The van der Waals surface area contributed by atoms with E-state index < -0.39 is 5.60 Å². The Morgan fingerprint density at radius 1 is 0.871 bits per heavy atom. The highest BCUT2D eigenvalue weighted by Crippen LogP contribution is 2.59. The first kappa shape index (κ1) is 20.0. The third-order valence-corrected chi connectivity index (χ3v) is 7.20. The van der Waals surface area contributed by atoms with Crippen molar-refractivity contribution in [2.75, 3.05) is 47.2 Å². The van der Waals surface area contributed by atoms with E-state index in [4.69, 9.17) is 4.74 Å². The maximum atomic E-state index is 12.9. The minimum absolute atomic E-state index is 0.252. The molecule has 160 valence electrons. The summed E-state index contributed by atoms with van der Waals surface area (Å²) < 4.78 is 6.28. The normalized spacial score (nSPS) is 22.8. The van der Waals surface area contributed by atoms with E-state index in [1.54, 1.807) is 0 Å². The average Bonchev–Trinajstić information content (AvgIpc) is 3.20. The summed E-state index contributed by atoms with van der Waals surface area (Å²) in [5.74, 6) is -0.252. The molecule has 0 radical (unpaired) electrons. The number of benzene rings is 2. The number of carbonyl (C=O) groups excluding carboxylic acids is 1. The molecule has 1 heterocycles. The van der Waals surface area contributed by atoms with Crippen LogP contribution in [0.2, 0.25) is 0 Å². The van der Waals surface area contributed by atoms with Gasteiger partial charge in [-0.2, -0.15) is 0 Å². The second-order valence-corrected chi connectivity index (χ2v) is 9.31. The molecule has 0 fully saturated rings. The molecule has 1 atom stereocenters. The van der Waals surface area contributed by atoms with Crippen molar-refractivity contribution >= 4 is 17.2 Å². The van der Waals surface area contributed by atoms with E-state index >= 15 is 0 Å². The number of nitrogens with zero attached hydrogens (tertiary/aromatic N) is 3. The van der Waals surface area contributed by atoms with Crippen LogP contribution in [0.15, 0.2) is 60.2 Å². The molecule has 3 aliphatic rings. The standard InChI is InChI=1S/C26H29N3O2/c1-27(2)17-11-12-22-19(15-17)20-16-25(28(3)4,29(5)6)14-13-23(20)26(22)21-10-8-7-9-18(21)24(30)31-26/h7-15H,16H2,1-6H3. The van der Waals surface area contributed by atoms with Gasteiger partial charge in [-0.15, -0.1) is 0 Å². The van der Waals surface area contributed by atoms with Gasteiger partial charge in [0.25, 0.3) is 0 Å². The van der Waals surface area contributed by atoms with Crippen molar-refractivity contribution < 1.29 is 9.53 Å². The summed E-state index contributed by atoms with van der Waals surface area (Å²) in [6.45, 7) is 0. The largest absolute Gasteiger partial charge is 0.441 e. The lowest BCUT2D eigenvalue weighted by atomic mass is 9.80. The summed E-state index contributed by atoms with van der Waals surface area (Å²) in [6.07, 6.45) is 5.24. The number of esters is 1. The lowest BCUT2D eigenvalue weighted by molar-refractivity contribution is 0.0249. The fraction of sp³-hybridized carbons (Fsp3) is 0.346. The van der Waals surface area contributed by atoms with Crippen LogP contribution < -0.4 is 4.90 Å². The second kappa shape index (κ2) is 6.55. The molecule has 2 aromatic carbocycles. The molecule has 0 saturated heterocycles. The van der Waals surface area contributed by atoms with Crippen LogP contribution in [0, 0.1) is 0 Å². The van der Waals surface area contributed by atoms with Crippen LogP contribution in [-0.2, 0) is 10.3 Å². The Morgan fingerprint density at radius 2 is 1.55 bits per heavy atom. The van der Waals surface area contributed by atoms with Crippen molar-refractivity contribution in [2.45, 2.75) is 17.7 Å². The first-order valence-electron chi connectivity index (χ1n) is 10.6. The topological polar surface area (TPSA) is 36.0 Å². The highest BCUT2D eigenvalue weighted by molar-refractivity contribution is 6.00. The predicted octanol–water partition coefficient (Wildman–Crippen LogP) is 3.71. The Morgan fingerprint density at radius 3 is 2.23 bits per heavy atom.